The second-order valence-electron chi connectivity index (χ2n) is 5.09. The van der Waals surface area contributed by atoms with Crippen LogP contribution in [-0.4, -0.2) is 26.4 Å². The molecule has 0 unspecified atom stereocenters. The van der Waals surface area contributed by atoms with E-state index in [9.17, 15) is 13.2 Å². The Morgan fingerprint density at radius 1 is 1.17 bits per heavy atom. The molecule has 0 saturated heterocycles. The molecule has 7 heteroatoms. The van der Waals surface area contributed by atoms with Crippen LogP contribution in [0.3, 0.4) is 0 Å². The van der Waals surface area contributed by atoms with Crippen molar-refractivity contribution < 1.29 is 13.2 Å². The molecule has 1 aromatic heterocycles. The first-order chi connectivity index (χ1) is 10.9. The van der Waals surface area contributed by atoms with E-state index < -0.39 is 10.0 Å². The van der Waals surface area contributed by atoms with Gasteiger partial charge in [-0.25, -0.2) is 13.1 Å². The van der Waals surface area contributed by atoms with Crippen LogP contribution in [0.2, 0.25) is 0 Å². The zero-order valence-corrected chi connectivity index (χ0v) is 13.9. The highest BCUT2D eigenvalue weighted by atomic mass is 32.2. The van der Waals surface area contributed by atoms with Crippen molar-refractivity contribution in [3.05, 3.63) is 53.9 Å². The molecule has 0 aliphatic carbocycles. The molecule has 1 amide bonds. The third kappa shape index (κ3) is 4.61. The number of nitrogens with zero attached hydrogens (tertiary/aromatic N) is 1. The lowest BCUT2D eigenvalue weighted by molar-refractivity contribution is -0.116. The summed E-state index contributed by atoms with van der Waals surface area (Å²) in [5.41, 5.74) is 2.56. The number of hydrogen-bond acceptors (Lipinski definition) is 4. The molecule has 0 aliphatic rings. The van der Waals surface area contributed by atoms with Gasteiger partial charge in [0.15, 0.2) is 0 Å². The Balaban J connectivity index is 1.93. The van der Waals surface area contributed by atoms with Gasteiger partial charge in [0, 0.05) is 12.6 Å². The average Bonchev–Trinajstić information content (AvgIpc) is 2.55. The highest BCUT2D eigenvalue weighted by Gasteiger charge is 2.11. The summed E-state index contributed by atoms with van der Waals surface area (Å²) in [4.78, 5) is 16.2. The van der Waals surface area contributed by atoms with Gasteiger partial charge in [-0.05, 0) is 49.7 Å². The summed E-state index contributed by atoms with van der Waals surface area (Å²) in [5, 5.41) is 2.82. The van der Waals surface area contributed by atoms with Crippen LogP contribution < -0.4 is 10.0 Å². The van der Waals surface area contributed by atoms with Crippen LogP contribution in [0.5, 0.6) is 0 Å². The zero-order valence-electron chi connectivity index (χ0n) is 13.0. The van der Waals surface area contributed by atoms with E-state index in [4.69, 9.17) is 0 Å². The minimum absolute atomic E-state index is 0.104. The van der Waals surface area contributed by atoms with Crippen LogP contribution in [0.25, 0.3) is 0 Å². The summed E-state index contributed by atoms with van der Waals surface area (Å²) in [5.74, 6) is -0.104. The molecule has 122 valence electrons. The number of amides is 1. The van der Waals surface area contributed by atoms with E-state index in [0.29, 0.717) is 18.5 Å². The summed E-state index contributed by atoms with van der Waals surface area (Å²) in [7, 11) is -2.06. The van der Waals surface area contributed by atoms with Crippen LogP contribution in [-0.2, 0) is 21.2 Å². The minimum Gasteiger partial charge on any atom is -0.325 e. The highest BCUT2D eigenvalue weighted by molar-refractivity contribution is 7.89. The van der Waals surface area contributed by atoms with E-state index >= 15 is 0 Å². The summed E-state index contributed by atoms with van der Waals surface area (Å²) in [6.45, 7) is 1.90. The summed E-state index contributed by atoms with van der Waals surface area (Å²) in [6.07, 6.45) is 4.13. The lowest BCUT2D eigenvalue weighted by atomic mass is 10.1. The molecule has 2 rings (SSSR count). The Kier molecular flexibility index (Phi) is 5.46. The molecule has 0 fully saturated rings. The molecule has 0 saturated carbocycles. The number of aromatic nitrogens is 1. The molecule has 0 aliphatic heterocycles. The fourth-order valence-corrected chi connectivity index (χ4v) is 2.75. The van der Waals surface area contributed by atoms with Crippen LogP contribution in [0.15, 0.2) is 47.6 Å². The number of rotatable bonds is 6. The standard InChI is InChI=1S/C16H19N3O3S/c1-12-9-10-18-11-15(12)19-16(20)8-5-13-3-6-14(7-4-13)23(21,22)17-2/h3-4,6-7,9-11,17H,5,8H2,1-2H3,(H,19,20). The Morgan fingerprint density at radius 3 is 2.48 bits per heavy atom. The van der Waals surface area contributed by atoms with Crippen molar-refractivity contribution in [2.24, 2.45) is 0 Å². The second kappa shape index (κ2) is 7.34. The molecule has 1 heterocycles. The number of carbonyl (C=O) groups excluding carboxylic acids is 1. The number of sulfonamides is 1. The van der Waals surface area contributed by atoms with Crippen molar-refractivity contribution in [3.63, 3.8) is 0 Å². The lowest BCUT2D eigenvalue weighted by Crippen LogP contribution is -2.18. The SMILES string of the molecule is CNS(=O)(=O)c1ccc(CCC(=O)Nc2cnccc2C)cc1. The fraction of sp³-hybridized carbons (Fsp3) is 0.250. The number of nitrogens with one attached hydrogen (secondary N) is 2. The number of hydrogen-bond donors (Lipinski definition) is 2. The van der Waals surface area contributed by atoms with Crippen molar-refractivity contribution in [1.82, 2.24) is 9.71 Å². The van der Waals surface area contributed by atoms with Crippen LogP contribution in [0.4, 0.5) is 5.69 Å². The number of aryl methyl sites for hydroxylation is 2. The molecule has 6 nitrogen and oxygen atoms in total. The van der Waals surface area contributed by atoms with Crippen molar-refractivity contribution in [2.75, 3.05) is 12.4 Å². The van der Waals surface area contributed by atoms with E-state index in [-0.39, 0.29) is 10.8 Å². The maximum atomic E-state index is 12.0. The molecule has 0 atom stereocenters. The third-order valence-corrected chi connectivity index (χ3v) is 4.89. The number of anilines is 1. The number of benzene rings is 1. The monoisotopic (exact) mass is 333 g/mol. The molecule has 0 bridgehead atoms. The molecule has 0 spiro atoms. The van der Waals surface area contributed by atoms with Gasteiger partial charge in [0.25, 0.3) is 0 Å². The van der Waals surface area contributed by atoms with Crippen molar-refractivity contribution in [1.29, 1.82) is 0 Å². The van der Waals surface area contributed by atoms with Gasteiger partial charge in [-0.15, -0.1) is 0 Å². The van der Waals surface area contributed by atoms with Crippen molar-refractivity contribution in [2.45, 2.75) is 24.7 Å². The average molecular weight is 333 g/mol. The maximum Gasteiger partial charge on any atom is 0.240 e. The van der Waals surface area contributed by atoms with Crippen molar-refractivity contribution >= 4 is 21.6 Å². The number of carbonyl (C=O) groups is 1. The quantitative estimate of drug-likeness (QED) is 0.845. The molecule has 2 N–H and O–H groups in total. The van der Waals surface area contributed by atoms with Gasteiger partial charge in [0.2, 0.25) is 15.9 Å². The Labute approximate surface area is 136 Å². The van der Waals surface area contributed by atoms with Crippen LogP contribution in [0.1, 0.15) is 17.5 Å². The molecular formula is C16H19N3O3S. The Hall–Kier alpha value is -2.25. The van der Waals surface area contributed by atoms with Gasteiger partial charge in [-0.2, -0.15) is 0 Å². The lowest BCUT2D eigenvalue weighted by Gasteiger charge is -2.08. The molecule has 0 radical (unpaired) electrons. The van der Waals surface area contributed by atoms with Gasteiger partial charge < -0.3 is 5.32 Å². The van der Waals surface area contributed by atoms with Gasteiger partial charge >= 0.3 is 0 Å². The van der Waals surface area contributed by atoms with E-state index in [0.717, 1.165) is 11.1 Å². The summed E-state index contributed by atoms with van der Waals surface area (Å²) in [6, 6.07) is 8.32. The van der Waals surface area contributed by atoms with E-state index in [1.54, 1.807) is 24.5 Å². The van der Waals surface area contributed by atoms with E-state index in [1.807, 2.05) is 13.0 Å². The number of pyridine rings is 1. The van der Waals surface area contributed by atoms with E-state index in [1.165, 1.54) is 19.2 Å². The fourth-order valence-electron chi connectivity index (χ4n) is 2.02. The van der Waals surface area contributed by atoms with Crippen LogP contribution in [0, 0.1) is 6.92 Å². The van der Waals surface area contributed by atoms with Gasteiger partial charge in [-0.1, -0.05) is 12.1 Å². The Bertz CT molecular complexity index is 786. The molecular weight excluding hydrogens is 314 g/mol. The van der Waals surface area contributed by atoms with Gasteiger partial charge in [-0.3, -0.25) is 9.78 Å². The zero-order chi connectivity index (χ0) is 16.9. The molecule has 23 heavy (non-hydrogen) atoms. The predicted molar refractivity (Wildman–Crippen MR) is 88.6 cm³/mol. The first-order valence-corrected chi connectivity index (χ1v) is 8.63. The third-order valence-electron chi connectivity index (χ3n) is 3.46. The topological polar surface area (TPSA) is 88.2 Å². The summed E-state index contributed by atoms with van der Waals surface area (Å²) < 4.78 is 25.5. The normalized spacial score (nSPS) is 11.2. The summed E-state index contributed by atoms with van der Waals surface area (Å²) >= 11 is 0. The first kappa shape index (κ1) is 17.1. The van der Waals surface area contributed by atoms with Gasteiger partial charge in [0.05, 0.1) is 16.8 Å². The Morgan fingerprint density at radius 2 is 1.87 bits per heavy atom. The second-order valence-corrected chi connectivity index (χ2v) is 6.98. The van der Waals surface area contributed by atoms with Gasteiger partial charge in [0.1, 0.15) is 0 Å². The van der Waals surface area contributed by atoms with E-state index in [2.05, 4.69) is 15.0 Å². The first-order valence-electron chi connectivity index (χ1n) is 7.15. The van der Waals surface area contributed by atoms with Crippen molar-refractivity contribution in [3.8, 4) is 0 Å². The maximum absolute atomic E-state index is 12.0. The predicted octanol–water partition coefficient (Wildman–Crippen LogP) is 1.87. The highest BCUT2D eigenvalue weighted by Crippen LogP contribution is 2.14. The molecule has 1 aromatic carbocycles. The smallest absolute Gasteiger partial charge is 0.240 e. The minimum atomic E-state index is -3.43. The van der Waals surface area contributed by atoms with Crippen LogP contribution >= 0.6 is 0 Å². The largest absolute Gasteiger partial charge is 0.325 e. The molecule has 2 aromatic rings.